The van der Waals surface area contributed by atoms with Gasteiger partial charge in [0.2, 0.25) is 0 Å². The Kier molecular flexibility index (Phi) is 3.68. The molecule has 2 heterocycles. The Morgan fingerprint density at radius 2 is 2.28 bits per heavy atom. The second-order valence-corrected chi connectivity index (χ2v) is 4.17. The molecule has 0 unspecified atom stereocenters. The van der Waals surface area contributed by atoms with Crippen LogP contribution in [0.5, 0.6) is 0 Å². The lowest BCUT2D eigenvalue weighted by atomic mass is 10.3. The van der Waals surface area contributed by atoms with Crippen molar-refractivity contribution in [1.82, 2.24) is 25.0 Å². The normalized spacial score (nSPS) is 11.3. The molecule has 1 N–H and O–H groups in total. The predicted octanol–water partition coefficient (Wildman–Crippen LogP) is 0.791. The van der Waals surface area contributed by atoms with Gasteiger partial charge in [-0.25, -0.2) is 5.43 Å². The number of hydrogen-bond donors (Lipinski definition) is 1. The summed E-state index contributed by atoms with van der Waals surface area (Å²) in [5, 5.41) is 7.72. The third kappa shape index (κ3) is 2.72. The van der Waals surface area contributed by atoms with E-state index in [0.29, 0.717) is 22.0 Å². The number of amides is 1. The van der Waals surface area contributed by atoms with Crippen LogP contribution in [0.25, 0.3) is 0 Å². The summed E-state index contributed by atoms with van der Waals surface area (Å²) >= 11 is 1.03. The largest absolute Gasteiger partial charge is 0.285 e. The number of carbonyl (C=O) groups excluding carboxylic acids is 1. The maximum Gasteiger partial charge on any atom is 0.285 e. The van der Waals surface area contributed by atoms with Crippen LogP contribution in [0.2, 0.25) is 0 Å². The van der Waals surface area contributed by atoms with E-state index in [1.165, 1.54) is 0 Å². The average Bonchev–Trinajstić information content (AvgIpc) is 2.83. The van der Waals surface area contributed by atoms with Gasteiger partial charge >= 0.3 is 0 Å². The second kappa shape index (κ2) is 5.41. The Bertz CT molecular complexity index is 579. The molecule has 0 saturated carbocycles. The van der Waals surface area contributed by atoms with Gasteiger partial charge in [0.1, 0.15) is 10.6 Å². The van der Waals surface area contributed by atoms with E-state index < -0.39 is 0 Å². The van der Waals surface area contributed by atoms with Crippen molar-refractivity contribution in [2.24, 2.45) is 5.10 Å². The summed E-state index contributed by atoms with van der Waals surface area (Å²) < 4.78 is 3.69. The third-order valence-corrected chi connectivity index (χ3v) is 2.94. The van der Waals surface area contributed by atoms with Crippen LogP contribution in [-0.4, -0.2) is 31.2 Å². The smallest absolute Gasteiger partial charge is 0.266 e. The van der Waals surface area contributed by atoms with Crippen molar-refractivity contribution in [2.75, 3.05) is 0 Å². The van der Waals surface area contributed by atoms with Crippen LogP contribution in [0.3, 0.4) is 0 Å². The molecule has 8 heteroatoms. The molecule has 18 heavy (non-hydrogen) atoms. The van der Waals surface area contributed by atoms with Gasteiger partial charge < -0.3 is 0 Å². The van der Waals surface area contributed by atoms with Crippen LogP contribution in [0.15, 0.2) is 23.7 Å². The molecule has 0 bridgehead atoms. The lowest BCUT2D eigenvalue weighted by molar-refractivity contribution is 0.0958. The first-order valence-corrected chi connectivity index (χ1v) is 5.86. The molecular weight excluding hydrogens is 252 g/mol. The Hall–Kier alpha value is -2.22. The average molecular weight is 262 g/mol. The first-order valence-electron chi connectivity index (χ1n) is 5.08. The molecule has 0 saturated heterocycles. The minimum atomic E-state index is -0.328. The van der Waals surface area contributed by atoms with Crippen molar-refractivity contribution < 1.29 is 4.79 Å². The van der Waals surface area contributed by atoms with Gasteiger partial charge in [-0.15, -0.1) is 5.10 Å². The summed E-state index contributed by atoms with van der Waals surface area (Å²) in [7, 11) is 0. The van der Waals surface area contributed by atoms with Gasteiger partial charge in [-0.05, 0) is 25.4 Å². The summed E-state index contributed by atoms with van der Waals surface area (Å²) in [5.74, 6) is -0.328. The maximum atomic E-state index is 11.7. The zero-order valence-corrected chi connectivity index (χ0v) is 10.6. The fraction of sp³-hybridized carbons (Fsp3) is 0.200. The van der Waals surface area contributed by atoms with Crippen LogP contribution in [0, 0.1) is 6.92 Å². The predicted molar refractivity (Wildman–Crippen MR) is 66.4 cm³/mol. The van der Waals surface area contributed by atoms with Crippen LogP contribution in [0.1, 0.15) is 28.0 Å². The third-order valence-electron chi connectivity index (χ3n) is 2.12. The second-order valence-electron chi connectivity index (χ2n) is 3.42. The van der Waals surface area contributed by atoms with Gasteiger partial charge in [0.15, 0.2) is 0 Å². The van der Waals surface area contributed by atoms with Crippen molar-refractivity contribution in [1.29, 1.82) is 0 Å². The van der Waals surface area contributed by atoms with Crippen LogP contribution >= 0.6 is 11.5 Å². The summed E-state index contributed by atoms with van der Waals surface area (Å²) in [6.45, 7) is 3.46. The standard InChI is InChI=1S/C10H10N6OS/c1-6(8-5-11-3-4-12-8)13-15-10(17)9-7(2)14-16-18-9/h3-5H,1-2H3,(H,15,17)/b13-6+. The molecule has 92 valence electrons. The van der Waals surface area contributed by atoms with E-state index >= 15 is 0 Å². The van der Waals surface area contributed by atoms with Crippen molar-refractivity contribution in [3.8, 4) is 0 Å². The maximum absolute atomic E-state index is 11.7. The highest BCUT2D eigenvalue weighted by Gasteiger charge is 2.12. The minimum Gasteiger partial charge on any atom is -0.266 e. The highest BCUT2D eigenvalue weighted by Crippen LogP contribution is 2.08. The van der Waals surface area contributed by atoms with Crippen molar-refractivity contribution >= 4 is 23.2 Å². The fourth-order valence-corrected chi connectivity index (χ4v) is 1.71. The van der Waals surface area contributed by atoms with Gasteiger partial charge in [-0.3, -0.25) is 14.8 Å². The number of aromatic nitrogens is 4. The van der Waals surface area contributed by atoms with Gasteiger partial charge in [0.05, 0.1) is 17.6 Å². The molecule has 0 aliphatic carbocycles. The van der Waals surface area contributed by atoms with E-state index in [0.717, 1.165) is 11.5 Å². The molecule has 0 fully saturated rings. The Morgan fingerprint density at radius 1 is 1.44 bits per heavy atom. The van der Waals surface area contributed by atoms with E-state index in [2.05, 4.69) is 30.1 Å². The number of hydrogen-bond acceptors (Lipinski definition) is 7. The summed E-state index contributed by atoms with van der Waals surface area (Å²) in [5.41, 5.74) is 4.21. The summed E-state index contributed by atoms with van der Waals surface area (Å²) in [4.78, 5) is 20.2. The molecule has 0 aliphatic heterocycles. The van der Waals surface area contributed by atoms with Crippen molar-refractivity contribution in [3.63, 3.8) is 0 Å². The number of hydrazone groups is 1. The van der Waals surface area contributed by atoms with E-state index in [4.69, 9.17) is 0 Å². The monoisotopic (exact) mass is 262 g/mol. The lowest BCUT2D eigenvalue weighted by Gasteiger charge is -2.00. The number of carbonyl (C=O) groups is 1. The first kappa shape index (κ1) is 12.2. The number of nitrogens with zero attached hydrogens (tertiary/aromatic N) is 5. The van der Waals surface area contributed by atoms with Crippen LogP contribution in [-0.2, 0) is 0 Å². The minimum absolute atomic E-state index is 0.328. The molecule has 1 amide bonds. The fourth-order valence-electron chi connectivity index (χ4n) is 1.17. The lowest BCUT2D eigenvalue weighted by Crippen LogP contribution is -2.19. The molecule has 7 nitrogen and oxygen atoms in total. The molecular formula is C10H10N6OS. The number of nitrogens with one attached hydrogen (secondary N) is 1. The zero-order chi connectivity index (χ0) is 13.0. The molecule has 0 aromatic carbocycles. The molecule has 2 rings (SSSR count). The number of aryl methyl sites for hydroxylation is 1. The Labute approximate surface area is 107 Å². The molecule has 0 radical (unpaired) electrons. The van der Waals surface area contributed by atoms with Crippen LogP contribution in [0.4, 0.5) is 0 Å². The van der Waals surface area contributed by atoms with Gasteiger partial charge in [0, 0.05) is 12.4 Å². The summed E-state index contributed by atoms with van der Waals surface area (Å²) in [6.07, 6.45) is 4.71. The molecule has 0 spiro atoms. The van der Waals surface area contributed by atoms with Crippen molar-refractivity contribution in [3.05, 3.63) is 34.9 Å². The molecule has 2 aromatic heterocycles. The van der Waals surface area contributed by atoms with Gasteiger partial charge in [-0.1, -0.05) is 4.49 Å². The first-order chi connectivity index (χ1) is 8.68. The van der Waals surface area contributed by atoms with Gasteiger partial charge in [0.25, 0.3) is 5.91 Å². The van der Waals surface area contributed by atoms with E-state index in [1.807, 2.05) is 0 Å². The van der Waals surface area contributed by atoms with Crippen molar-refractivity contribution in [2.45, 2.75) is 13.8 Å². The molecule has 0 aliphatic rings. The molecule has 2 aromatic rings. The Morgan fingerprint density at radius 3 is 2.89 bits per heavy atom. The molecule has 0 atom stereocenters. The summed E-state index contributed by atoms with van der Waals surface area (Å²) in [6, 6.07) is 0. The van der Waals surface area contributed by atoms with E-state index in [1.54, 1.807) is 32.4 Å². The Balaban J connectivity index is 2.08. The highest BCUT2D eigenvalue weighted by atomic mass is 32.1. The highest BCUT2D eigenvalue weighted by molar-refractivity contribution is 7.07. The topological polar surface area (TPSA) is 93.0 Å². The zero-order valence-electron chi connectivity index (χ0n) is 9.78. The van der Waals surface area contributed by atoms with E-state index in [9.17, 15) is 4.79 Å². The number of rotatable bonds is 3. The van der Waals surface area contributed by atoms with Crippen LogP contribution < -0.4 is 5.43 Å². The van der Waals surface area contributed by atoms with Gasteiger partial charge in [-0.2, -0.15) is 5.10 Å². The SMILES string of the molecule is C/C(=N\NC(=O)c1snnc1C)c1cnccn1. The van der Waals surface area contributed by atoms with E-state index in [-0.39, 0.29) is 5.91 Å². The quantitative estimate of drug-likeness (QED) is 0.652.